The number of alkyl halides is 2. The highest BCUT2D eigenvalue weighted by Crippen LogP contribution is 2.52. The maximum Gasteiger partial charge on any atom is 0.252 e. The van der Waals surface area contributed by atoms with Crippen LogP contribution in [0.25, 0.3) is 11.3 Å². The predicted molar refractivity (Wildman–Crippen MR) is 118 cm³/mol. The van der Waals surface area contributed by atoms with E-state index in [2.05, 4.69) is 5.10 Å². The molecule has 1 aliphatic carbocycles. The summed E-state index contributed by atoms with van der Waals surface area (Å²) in [4.78, 5) is 27.0. The van der Waals surface area contributed by atoms with Gasteiger partial charge in [0.15, 0.2) is 0 Å². The summed E-state index contributed by atoms with van der Waals surface area (Å²) in [6.07, 6.45) is -0.203. The molecule has 172 valence electrons. The Bertz CT molecular complexity index is 1090. The zero-order valence-electron chi connectivity index (χ0n) is 17.8. The molecule has 0 radical (unpaired) electrons. The minimum atomic E-state index is -2.63. The van der Waals surface area contributed by atoms with Crippen LogP contribution in [0.3, 0.4) is 0 Å². The van der Waals surface area contributed by atoms with E-state index in [1.807, 2.05) is 13.8 Å². The van der Waals surface area contributed by atoms with Gasteiger partial charge in [0.05, 0.1) is 34.4 Å². The van der Waals surface area contributed by atoms with Gasteiger partial charge < -0.3 is 10.6 Å². The minimum absolute atomic E-state index is 0.135. The molecular formula is C22H24Cl2F2N4O2. The quantitative estimate of drug-likeness (QED) is 0.663. The first-order chi connectivity index (χ1) is 14.9. The Kier molecular flexibility index (Phi) is 5.74. The van der Waals surface area contributed by atoms with E-state index in [1.54, 1.807) is 27.8 Å². The number of benzene rings is 1. The molecule has 1 aromatic carbocycles. The first-order valence-electron chi connectivity index (χ1n) is 10.4. The topological polar surface area (TPSA) is 81.2 Å². The van der Waals surface area contributed by atoms with Crippen molar-refractivity contribution in [3.8, 4) is 11.3 Å². The monoisotopic (exact) mass is 484 g/mol. The first-order valence-corrected chi connectivity index (χ1v) is 11.1. The van der Waals surface area contributed by atoms with E-state index in [-0.39, 0.29) is 43.2 Å². The molecular weight excluding hydrogens is 461 g/mol. The molecule has 1 saturated carbocycles. The van der Waals surface area contributed by atoms with Crippen molar-refractivity contribution in [3.63, 3.8) is 0 Å². The molecule has 2 amide bonds. The molecule has 4 rings (SSSR count). The van der Waals surface area contributed by atoms with E-state index in [1.165, 1.54) is 0 Å². The molecule has 32 heavy (non-hydrogen) atoms. The van der Waals surface area contributed by atoms with Crippen LogP contribution < -0.4 is 5.73 Å². The number of carbonyl (C=O) groups is 2. The number of amides is 2. The SMILES string of the molecule is CC(C)(CC(=O)N1CCn2nc(-c3ccc(Cl)c(Cl)c3)c(C(N)=O)c2C1)C1CC(F)(F)C1. The summed E-state index contributed by atoms with van der Waals surface area (Å²) in [5, 5.41) is 5.24. The molecule has 0 spiro atoms. The second-order valence-corrected chi connectivity index (χ2v) is 10.1. The Morgan fingerprint density at radius 3 is 2.50 bits per heavy atom. The van der Waals surface area contributed by atoms with Gasteiger partial charge in [0.2, 0.25) is 11.8 Å². The molecule has 6 nitrogen and oxygen atoms in total. The molecule has 0 saturated heterocycles. The van der Waals surface area contributed by atoms with Crippen LogP contribution in [-0.2, 0) is 17.9 Å². The molecule has 2 aliphatic rings. The van der Waals surface area contributed by atoms with E-state index >= 15 is 0 Å². The Morgan fingerprint density at radius 2 is 1.91 bits per heavy atom. The maximum atomic E-state index is 13.3. The Hall–Kier alpha value is -2.19. The van der Waals surface area contributed by atoms with Gasteiger partial charge in [-0.3, -0.25) is 14.3 Å². The highest BCUT2D eigenvalue weighted by atomic mass is 35.5. The number of aromatic nitrogens is 2. The van der Waals surface area contributed by atoms with Gasteiger partial charge in [-0.2, -0.15) is 5.10 Å². The van der Waals surface area contributed by atoms with Crippen molar-refractivity contribution in [1.29, 1.82) is 0 Å². The van der Waals surface area contributed by atoms with Gasteiger partial charge in [-0.05, 0) is 23.5 Å². The lowest BCUT2D eigenvalue weighted by Crippen LogP contribution is -2.47. The van der Waals surface area contributed by atoms with Gasteiger partial charge in [0.1, 0.15) is 5.69 Å². The fraction of sp³-hybridized carbons (Fsp3) is 0.500. The van der Waals surface area contributed by atoms with Gasteiger partial charge in [-0.25, -0.2) is 8.78 Å². The summed E-state index contributed by atoms with van der Waals surface area (Å²) < 4.78 is 28.3. The van der Waals surface area contributed by atoms with Crippen LogP contribution in [0.15, 0.2) is 18.2 Å². The molecule has 2 aromatic rings. The summed E-state index contributed by atoms with van der Waals surface area (Å²) in [5.74, 6) is -3.61. The molecule has 1 fully saturated rings. The average molecular weight is 485 g/mol. The molecule has 1 aliphatic heterocycles. The van der Waals surface area contributed by atoms with Crippen LogP contribution in [-0.4, -0.2) is 39.0 Å². The fourth-order valence-corrected chi connectivity index (χ4v) is 4.79. The van der Waals surface area contributed by atoms with Crippen LogP contribution in [0.1, 0.15) is 49.2 Å². The molecule has 10 heteroatoms. The maximum absolute atomic E-state index is 13.3. The highest BCUT2D eigenvalue weighted by Gasteiger charge is 2.52. The van der Waals surface area contributed by atoms with Crippen molar-refractivity contribution in [2.45, 2.75) is 52.1 Å². The average Bonchev–Trinajstić information content (AvgIpc) is 3.06. The van der Waals surface area contributed by atoms with Gasteiger partial charge >= 0.3 is 0 Å². The third kappa shape index (κ3) is 4.22. The van der Waals surface area contributed by atoms with Crippen LogP contribution in [0.5, 0.6) is 0 Å². The summed E-state index contributed by atoms with van der Waals surface area (Å²) in [6.45, 7) is 4.68. The number of nitrogens with zero attached hydrogens (tertiary/aromatic N) is 3. The number of primary amides is 1. The number of nitrogens with two attached hydrogens (primary N) is 1. The van der Waals surface area contributed by atoms with Gasteiger partial charge in [-0.15, -0.1) is 0 Å². The molecule has 1 aromatic heterocycles. The second kappa shape index (κ2) is 7.99. The lowest BCUT2D eigenvalue weighted by molar-refractivity contribution is -0.154. The first kappa shape index (κ1) is 23.0. The second-order valence-electron chi connectivity index (χ2n) is 9.33. The van der Waals surface area contributed by atoms with Crippen LogP contribution in [0, 0.1) is 11.3 Å². The van der Waals surface area contributed by atoms with Gasteiger partial charge in [0, 0.05) is 31.4 Å². The van der Waals surface area contributed by atoms with Crippen LogP contribution in [0.2, 0.25) is 10.0 Å². The van der Waals surface area contributed by atoms with E-state index in [0.29, 0.717) is 40.1 Å². The number of fused-ring (bicyclic) bond motifs is 1. The Balaban J connectivity index is 1.57. The number of hydrogen-bond acceptors (Lipinski definition) is 3. The largest absolute Gasteiger partial charge is 0.365 e. The number of halogens is 4. The number of rotatable bonds is 5. The van der Waals surface area contributed by atoms with E-state index in [0.717, 1.165) is 0 Å². The van der Waals surface area contributed by atoms with Crippen molar-refractivity contribution in [1.82, 2.24) is 14.7 Å². The van der Waals surface area contributed by atoms with E-state index < -0.39 is 17.2 Å². The Labute approximate surface area is 194 Å². The Morgan fingerprint density at radius 1 is 1.22 bits per heavy atom. The number of carbonyl (C=O) groups excluding carboxylic acids is 2. The van der Waals surface area contributed by atoms with Crippen molar-refractivity contribution >= 4 is 35.0 Å². The number of hydrogen-bond donors (Lipinski definition) is 1. The highest BCUT2D eigenvalue weighted by molar-refractivity contribution is 6.42. The third-order valence-corrected chi connectivity index (χ3v) is 7.31. The zero-order valence-corrected chi connectivity index (χ0v) is 19.3. The summed E-state index contributed by atoms with van der Waals surface area (Å²) >= 11 is 12.1. The van der Waals surface area contributed by atoms with Crippen LogP contribution >= 0.6 is 23.2 Å². The zero-order chi connectivity index (χ0) is 23.4. The van der Waals surface area contributed by atoms with E-state index in [4.69, 9.17) is 28.9 Å². The minimum Gasteiger partial charge on any atom is -0.365 e. The molecule has 0 atom stereocenters. The lowest BCUT2D eigenvalue weighted by atomic mass is 9.64. The lowest BCUT2D eigenvalue weighted by Gasteiger charge is -2.45. The summed E-state index contributed by atoms with van der Waals surface area (Å²) in [5.41, 5.74) is 6.91. The fourth-order valence-electron chi connectivity index (χ4n) is 4.49. The summed E-state index contributed by atoms with van der Waals surface area (Å²) in [6, 6.07) is 4.93. The molecule has 0 bridgehead atoms. The van der Waals surface area contributed by atoms with Crippen molar-refractivity contribution in [2.24, 2.45) is 17.1 Å². The van der Waals surface area contributed by atoms with E-state index in [9.17, 15) is 18.4 Å². The van der Waals surface area contributed by atoms with Crippen molar-refractivity contribution in [3.05, 3.63) is 39.5 Å². The van der Waals surface area contributed by atoms with Gasteiger partial charge in [-0.1, -0.05) is 43.1 Å². The normalized spacial score (nSPS) is 18.2. The van der Waals surface area contributed by atoms with Crippen molar-refractivity contribution < 1.29 is 18.4 Å². The molecule has 2 heterocycles. The van der Waals surface area contributed by atoms with Crippen LogP contribution in [0.4, 0.5) is 8.78 Å². The predicted octanol–water partition coefficient (Wildman–Crippen LogP) is 4.76. The standard InChI is InChI=1S/C22H24Cl2F2N4O2/c1-21(2,13-8-22(25,26)9-13)10-17(31)29-5-6-30-16(11-29)18(20(27)32)19(28-30)12-3-4-14(23)15(24)7-12/h3-4,7,13H,5-6,8-11H2,1-2H3,(H2,27,32). The van der Waals surface area contributed by atoms with Gasteiger partial charge in [0.25, 0.3) is 5.91 Å². The summed E-state index contributed by atoms with van der Waals surface area (Å²) in [7, 11) is 0. The smallest absolute Gasteiger partial charge is 0.252 e. The van der Waals surface area contributed by atoms with Crippen molar-refractivity contribution in [2.75, 3.05) is 6.54 Å². The molecule has 2 N–H and O–H groups in total. The third-order valence-electron chi connectivity index (χ3n) is 6.57. The molecule has 0 unspecified atom stereocenters.